The summed E-state index contributed by atoms with van der Waals surface area (Å²) < 4.78 is 16.0. The van der Waals surface area contributed by atoms with Gasteiger partial charge < -0.3 is 24.8 Å². The van der Waals surface area contributed by atoms with E-state index in [1.54, 1.807) is 63.2 Å². The summed E-state index contributed by atoms with van der Waals surface area (Å²) in [5, 5.41) is 6.67. The lowest BCUT2D eigenvalue weighted by molar-refractivity contribution is -0.145. The summed E-state index contributed by atoms with van der Waals surface area (Å²) >= 11 is 0.859. The molecule has 0 radical (unpaired) electrons. The second kappa shape index (κ2) is 13.7. The van der Waals surface area contributed by atoms with Crippen molar-refractivity contribution < 1.29 is 38.2 Å². The molecule has 2 aromatic rings. The Morgan fingerprint density at radius 1 is 1.00 bits per heavy atom. The Bertz CT molecular complexity index is 1280. The number of esters is 1. The van der Waals surface area contributed by atoms with Crippen LogP contribution < -0.4 is 20.7 Å². The molecule has 11 nitrogen and oxygen atoms in total. The van der Waals surface area contributed by atoms with Gasteiger partial charge in [0.1, 0.15) is 23.1 Å². The van der Waals surface area contributed by atoms with Crippen LogP contribution in [0.1, 0.15) is 45.2 Å². The Balaban J connectivity index is 1.37. The van der Waals surface area contributed by atoms with Crippen LogP contribution in [0.25, 0.3) is 6.08 Å². The number of thioether (sulfide) groups is 1. The van der Waals surface area contributed by atoms with Gasteiger partial charge >= 0.3 is 12.1 Å². The van der Waals surface area contributed by atoms with E-state index in [1.165, 1.54) is 6.92 Å². The van der Waals surface area contributed by atoms with E-state index in [1.807, 2.05) is 12.1 Å². The summed E-state index contributed by atoms with van der Waals surface area (Å²) in [7, 11) is 0. The minimum Gasteiger partial charge on any atom is -0.457 e. The smallest absolute Gasteiger partial charge is 0.408 e. The first-order valence-electron chi connectivity index (χ1n) is 12.4. The van der Waals surface area contributed by atoms with Crippen molar-refractivity contribution in [2.24, 2.45) is 0 Å². The number of alkyl carbamates (subject to hydrolysis) is 1. The van der Waals surface area contributed by atoms with Gasteiger partial charge in [0.2, 0.25) is 5.91 Å². The van der Waals surface area contributed by atoms with Gasteiger partial charge in [-0.3, -0.25) is 24.5 Å². The van der Waals surface area contributed by atoms with Crippen LogP contribution in [-0.4, -0.2) is 47.5 Å². The van der Waals surface area contributed by atoms with Gasteiger partial charge in [0, 0.05) is 6.42 Å². The van der Waals surface area contributed by atoms with Crippen LogP contribution in [0.3, 0.4) is 0 Å². The summed E-state index contributed by atoms with van der Waals surface area (Å²) in [6.45, 7) is 6.31. The largest absolute Gasteiger partial charge is 0.457 e. The van der Waals surface area contributed by atoms with E-state index < -0.39 is 35.5 Å². The van der Waals surface area contributed by atoms with Crippen LogP contribution in [0.4, 0.5) is 9.59 Å². The number of imide groups is 1. The molecular formula is C28H31N3O8S. The zero-order chi connectivity index (χ0) is 29.3. The molecule has 1 aliphatic heterocycles. The lowest BCUT2D eigenvalue weighted by Crippen LogP contribution is -2.47. The first-order valence-corrected chi connectivity index (χ1v) is 13.2. The number of carbonyl (C=O) groups is 5. The third-order valence-electron chi connectivity index (χ3n) is 5.20. The van der Waals surface area contributed by atoms with Crippen LogP contribution in [0, 0.1) is 0 Å². The monoisotopic (exact) mass is 569 g/mol. The van der Waals surface area contributed by atoms with E-state index in [9.17, 15) is 24.0 Å². The second-order valence-corrected chi connectivity index (χ2v) is 10.8. The van der Waals surface area contributed by atoms with Gasteiger partial charge in [-0.2, -0.15) is 0 Å². The predicted molar refractivity (Wildman–Crippen MR) is 148 cm³/mol. The minimum absolute atomic E-state index is 0.112. The fourth-order valence-electron chi connectivity index (χ4n) is 3.27. The van der Waals surface area contributed by atoms with Crippen molar-refractivity contribution in [2.75, 3.05) is 6.73 Å². The van der Waals surface area contributed by atoms with Crippen molar-refractivity contribution in [1.29, 1.82) is 0 Å². The number of rotatable bonds is 10. The molecule has 1 heterocycles. The summed E-state index contributed by atoms with van der Waals surface area (Å²) in [5.41, 5.74) is 0.968. The number of aryl methyl sites for hydroxylation is 1. The molecule has 2 aromatic carbocycles. The minimum atomic E-state index is -0.865. The Hall–Kier alpha value is -4.32. The molecule has 1 fully saturated rings. The number of amides is 4. The highest BCUT2D eigenvalue weighted by Crippen LogP contribution is 2.27. The van der Waals surface area contributed by atoms with Crippen molar-refractivity contribution in [2.45, 2.75) is 52.2 Å². The molecule has 0 spiro atoms. The first kappa shape index (κ1) is 30.2. The van der Waals surface area contributed by atoms with Crippen molar-refractivity contribution in [3.63, 3.8) is 0 Å². The van der Waals surface area contributed by atoms with Gasteiger partial charge in [-0.1, -0.05) is 24.3 Å². The fourth-order valence-corrected chi connectivity index (χ4v) is 3.96. The van der Waals surface area contributed by atoms with Crippen LogP contribution in [0.5, 0.6) is 11.5 Å². The number of ether oxygens (including phenoxy) is 3. The lowest BCUT2D eigenvalue weighted by Gasteiger charge is -2.21. The normalized spacial score (nSPS) is 14.8. The molecule has 0 bridgehead atoms. The molecule has 1 unspecified atom stereocenters. The Morgan fingerprint density at radius 3 is 2.20 bits per heavy atom. The van der Waals surface area contributed by atoms with E-state index in [-0.39, 0.29) is 18.4 Å². The molecule has 12 heteroatoms. The molecule has 40 heavy (non-hydrogen) atoms. The van der Waals surface area contributed by atoms with Crippen molar-refractivity contribution in [3.8, 4) is 11.5 Å². The van der Waals surface area contributed by atoms with Crippen molar-refractivity contribution in [1.82, 2.24) is 16.0 Å². The van der Waals surface area contributed by atoms with Crippen LogP contribution in [0.2, 0.25) is 0 Å². The fraction of sp³-hybridized carbons (Fsp3) is 0.321. The van der Waals surface area contributed by atoms with Crippen molar-refractivity contribution in [3.05, 3.63) is 64.6 Å². The standard InChI is InChI=1S/C28H31N3O8S/c1-17(30-26(35)39-28(2,3)4)24(33)29-16-37-23(32)14-9-18-5-10-20(11-6-18)38-21-12-7-19(8-13-21)15-22-25(34)31-27(36)40-22/h5-8,10-13,15,17H,9,14,16H2,1-4H3,(H,29,33)(H,30,35)(H,31,34,36). The third kappa shape index (κ3) is 10.1. The third-order valence-corrected chi connectivity index (χ3v) is 6.01. The van der Waals surface area contributed by atoms with Gasteiger partial charge in [-0.15, -0.1) is 0 Å². The molecule has 3 rings (SSSR count). The maximum atomic E-state index is 12.1. The van der Waals surface area contributed by atoms with E-state index in [2.05, 4.69) is 16.0 Å². The number of benzene rings is 2. The average Bonchev–Trinajstić information content (AvgIpc) is 3.19. The molecule has 0 aliphatic carbocycles. The van der Waals surface area contributed by atoms with Gasteiger partial charge in [-0.25, -0.2) is 4.79 Å². The van der Waals surface area contributed by atoms with Crippen LogP contribution in [0.15, 0.2) is 53.4 Å². The Kier molecular flexibility index (Phi) is 10.3. The quantitative estimate of drug-likeness (QED) is 0.217. The molecule has 1 aliphatic rings. The van der Waals surface area contributed by atoms with Gasteiger partial charge in [0.25, 0.3) is 11.1 Å². The lowest BCUT2D eigenvalue weighted by atomic mass is 10.1. The second-order valence-electron chi connectivity index (χ2n) is 9.74. The summed E-state index contributed by atoms with van der Waals surface area (Å²) in [4.78, 5) is 59.1. The van der Waals surface area contributed by atoms with Gasteiger partial charge in [0.05, 0.1) is 4.91 Å². The molecule has 0 saturated carbocycles. The molecule has 3 N–H and O–H groups in total. The number of carbonyl (C=O) groups excluding carboxylic acids is 5. The zero-order valence-electron chi connectivity index (χ0n) is 22.6. The number of hydrogen-bond donors (Lipinski definition) is 3. The first-order chi connectivity index (χ1) is 18.9. The maximum Gasteiger partial charge on any atom is 0.408 e. The van der Waals surface area contributed by atoms with Crippen LogP contribution >= 0.6 is 11.8 Å². The molecule has 0 aromatic heterocycles. The molecule has 4 amide bonds. The summed E-state index contributed by atoms with van der Waals surface area (Å²) in [6, 6.07) is 13.4. The average molecular weight is 570 g/mol. The predicted octanol–water partition coefficient (Wildman–Crippen LogP) is 4.27. The Labute approximate surface area is 236 Å². The van der Waals surface area contributed by atoms with E-state index in [4.69, 9.17) is 14.2 Å². The van der Waals surface area contributed by atoms with E-state index >= 15 is 0 Å². The SMILES string of the molecule is CC(NC(=O)OC(C)(C)C)C(=O)NCOC(=O)CCc1ccc(Oc2ccc(C=C3SC(=O)NC3=O)cc2)cc1. The molecule has 1 saturated heterocycles. The van der Waals surface area contributed by atoms with Gasteiger partial charge in [0.15, 0.2) is 6.73 Å². The Morgan fingerprint density at radius 2 is 1.62 bits per heavy atom. The highest BCUT2D eigenvalue weighted by Gasteiger charge is 2.25. The maximum absolute atomic E-state index is 12.1. The van der Waals surface area contributed by atoms with E-state index in [0.717, 1.165) is 22.9 Å². The van der Waals surface area contributed by atoms with Crippen LogP contribution in [-0.2, 0) is 30.3 Å². The molecule has 1 atom stereocenters. The topological polar surface area (TPSA) is 149 Å². The van der Waals surface area contributed by atoms with Gasteiger partial charge in [-0.05, 0) is 87.3 Å². The summed E-state index contributed by atoms with van der Waals surface area (Å²) in [6.07, 6.45) is 1.46. The highest BCUT2D eigenvalue weighted by atomic mass is 32.2. The number of hydrogen-bond acceptors (Lipinski definition) is 9. The van der Waals surface area contributed by atoms with Crippen molar-refractivity contribution >= 4 is 47.0 Å². The van der Waals surface area contributed by atoms with E-state index in [0.29, 0.717) is 22.8 Å². The summed E-state index contributed by atoms with van der Waals surface area (Å²) in [5.74, 6) is -0.213. The molecular weight excluding hydrogens is 538 g/mol. The highest BCUT2D eigenvalue weighted by molar-refractivity contribution is 8.18. The molecule has 212 valence electrons. The number of nitrogens with one attached hydrogen (secondary N) is 3. The zero-order valence-corrected chi connectivity index (χ0v) is 23.4.